The van der Waals surface area contributed by atoms with Crippen molar-refractivity contribution >= 4 is 34.2 Å². The predicted molar refractivity (Wildman–Crippen MR) is 94.2 cm³/mol. The van der Waals surface area contributed by atoms with Crippen molar-refractivity contribution in [2.75, 3.05) is 0 Å². The van der Waals surface area contributed by atoms with Gasteiger partial charge in [0.05, 0.1) is 22.9 Å². The number of imidazole rings is 2. The topological polar surface area (TPSA) is 52.4 Å². The van der Waals surface area contributed by atoms with Crippen molar-refractivity contribution < 1.29 is 0 Å². The van der Waals surface area contributed by atoms with Crippen molar-refractivity contribution in [1.29, 1.82) is 0 Å². The van der Waals surface area contributed by atoms with Crippen molar-refractivity contribution in [2.45, 2.75) is 10.9 Å². The van der Waals surface area contributed by atoms with Gasteiger partial charge in [-0.15, -0.1) is 10.2 Å². The van der Waals surface area contributed by atoms with Gasteiger partial charge in [-0.25, -0.2) is 4.98 Å². The lowest BCUT2D eigenvalue weighted by atomic mass is 10.3. The largest absolute Gasteiger partial charge is 0.311 e. The van der Waals surface area contributed by atoms with Crippen LogP contribution in [0.2, 0.25) is 0 Å². The molecule has 0 atom stereocenters. The second kappa shape index (κ2) is 5.10. The van der Waals surface area contributed by atoms with Crippen LogP contribution >= 0.6 is 11.8 Å². The van der Waals surface area contributed by atoms with Crippen LogP contribution in [0, 0.1) is 0 Å². The summed E-state index contributed by atoms with van der Waals surface area (Å²) in [6, 6.07) is 14.3. The molecule has 5 rings (SSSR count). The summed E-state index contributed by atoms with van der Waals surface area (Å²) in [5.74, 6) is 1.65. The van der Waals surface area contributed by atoms with Crippen molar-refractivity contribution in [1.82, 2.24) is 28.5 Å². The van der Waals surface area contributed by atoms with E-state index in [1.54, 1.807) is 11.8 Å². The summed E-state index contributed by atoms with van der Waals surface area (Å²) < 4.78 is 6.29. The minimum atomic E-state index is 0.787. The summed E-state index contributed by atoms with van der Waals surface area (Å²) in [5, 5.41) is 9.62. The molecule has 0 spiro atoms. The second-order valence-electron chi connectivity index (χ2n) is 5.63. The lowest BCUT2D eigenvalue weighted by Crippen LogP contribution is -1.91. The van der Waals surface area contributed by atoms with Gasteiger partial charge in [0.25, 0.3) is 0 Å². The highest BCUT2D eigenvalue weighted by molar-refractivity contribution is 7.98. The highest BCUT2D eigenvalue weighted by atomic mass is 32.2. The van der Waals surface area contributed by atoms with E-state index in [2.05, 4.69) is 40.7 Å². The van der Waals surface area contributed by atoms with Crippen LogP contribution in [0.5, 0.6) is 0 Å². The Balaban J connectivity index is 1.57. The van der Waals surface area contributed by atoms with E-state index in [-0.39, 0.29) is 0 Å². The third-order valence-corrected chi connectivity index (χ3v) is 5.21. The molecule has 0 radical (unpaired) electrons. The van der Waals surface area contributed by atoms with E-state index in [9.17, 15) is 0 Å². The Morgan fingerprint density at radius 3 is 2.75 bits per heavy atom. The Labute approximate surface area is 141 Å². The number of thioether (sulfide) groups is 1. The Bertz CT molecular complexity index is 1180. The van der Waals surface area contributed by atoms with Crippen molar-refractivity contribution in [3.8, 4) is 0 Å². The molecule has 0 aliphatic rings. The van der Waals surface area contributed by atoms with E-state index in [4.69, 9.17) is 0 Å². The number of benzene rings is 1. The maximum atomic E-state index is 4.44. The molecule has 4 heterocycles. The Morgan fingerprint density at radius 1 is 1.00 bits per heavy atom. The van der Waals surface area contributed by atoms with Gasteiger partial charge in [-0.1, -0.05) is 30.0 Å². The van der Waals surface area contributed by atoms with Crippen LogP contribution in [0.1, 0.15) is 5.69 Å². The van der Waals surface area contributed by atoms with Crippen molar-refractivity contribution in [3.63, 3.8) is 0 Å². The molecule has 0 N–H and O–H groups in total. The molecule has 0 aliphatic carbocycles. The molecule has 0 fully saturated rings. The van der Waals surface area contributed by atoms with Crippen LogP contribution in [0.3, 0.4) is 0 Å². The normalized spacial score (nSPS) is 11.9. The summed E-state index contributed by atoms with van der Waals surface area (Å²) in [7, 11) is 2.02. The fourth-order valence-corrected chi connectivity index (χ4v) is 3.96. The molecule has 1 aromatic carbocycles. The highest BCUT2D eigenvalue weighted by Crippen LogP contribution is 2.27. The quantitative estimate of drug-likeness (QED) is 0.476. The molecule has 5 aromatic rings. The molecule has 0 saturated heterocycles. The summed E-state index contributed by atoms with van der Waals surface area (Å²) in [6.45, 7) is 0. The maximum Gasteiger partial charge on any atom is 0.236 e. The van der Waals surface area contributed by atoms with Crippen LogP contribution in [-0.4, -0.2) is 28.5 Å². The number of rotatable bonds is 3. The number of nitrogens with zero attached hydrogens (tertiary/aromatic N) is 6. The molecular weight excluding hydrogens is 320 g/mol. The van der Waals surface area contributed by atoms with Gasteiger partial charge in [0, 0.05) is 19.0 Å². The number of aromatic nitrogens is 6. The fraction of sp³-hybridized carbons (Fsp3) is 0.118. The van der Waals surface area contributed by atoms with Crippen LogP contribution in [0.25, 0.3) is 22.5 Å². The van der Waals surface area contributed by atoms with E-state index in [1.807, 2.05) is 49.8 Å². The second-order valence-corrected chi connectivity index (χ2v) is 6.58. The van der Waals surface area contributed by atoms with Crippen LogP contribution in [0.4, 0.5) is 0 Å². The molecule has 0 saturated carbocycles. The monoisotopic (exact) mass is 334 g/mol. The molecule has 6 nitrogen and oxygen atoms in total. The molecule has 0 amide bonds. The molecule has 4 aromatic heterocycles. The number of pyridine rings is 1. The summed E-state index contributed by atoms with van der Waals surface area (Å²) >= 11 is 1.67. The lowest BCUT2D eigenvalue weighted by molar-refractivity contribution is 0.935. The molecule has 0 unspecified atom stereocenters. The first-order valence-electron chi connectivity index (χ1n) is 7.65. The third kappa shape index (κ3) is 1.88. The Morgan fingerprint density at radius 2 is 1.83 bits per heavy atom. The fourth-order valence-electron chi connectivity index (χ4n) is 3.06. The van der Waals surface area contributed by atoms with Gasteiger partial charge < -0.3 is 8.97 Å². The predicted octanol–water partition coefficient (Wildman–Crippen LogP) is 3.16. The zero-order chi connectivity index (χ0) is 16.1. The third-order valence-electron chi connectivity index (χ3n) is 4.24. The molecule has 118 valence electrons. The number of fused-ring (bicyclic) bond motifs is 4. The van der Waals surface area contributed by atoms with Crippen LogP contribution < -0.4 is 0 Å². The highest BCUT2D eigenvalue weighted by Gasteiger charge is 2.15. The number of hydrogen-bond acceptors (Lipinski definition) is 4. The number of aryl methyl sites for hydroxylation is 1. The van der Waals surface area contributed by atoms with Gasteiger partial charge in [0.15, 0.2) is 5.16 Å². The van der Waals surface area contributed by atoms with Crippen molar-refractivity contribution in [3.05, 3.63) is 60.6 Å². The van der Waals surface area contributed by atoms with Gasteiger partial charge in [0.1, 0.15) is 5.65 Å². The summed E-state index contributed by atoms with van der Waals surface area (Å²) in [4.78, 5) is 4.44. The SMILES string of the molecule is Cn1c2ccccc2n2c(SCc3cnc4ccccn34)nnc12. The Kier molecular flexibility index (Phi) is 2.90. The first kappa shape index (κ1) is 13.6. The van der Waals surface area contributed by atoms with Gasteiger partial charge in [-0.3, -0.25) is 4.40 Å². The maximum absolute atomic E-state index is 4.44. The van der Waals surface area contributed by atoms with Crippen molar-refractivity contribution in [2.24, 2.45) is 7.05 Å². The van der Waals surface area contributed by atoms with Gasteiger partial charge >= 0.3 is 0 Å². The smallest absolute Gasteiger partial charge is 0.236 e. The summed E-state index contributed by atoms with van der Waals surface area (Å²) in [6.07, 6.45) is 3.96. The zero-order valence-corrected chi connectivity index (χ0v) is 13.8. The number of hydrogen-bond donors (Lipinski definition) is 0. The zero-order valence-electron chi connectivity index (χ0n) is 13.0. The van der Waals surface area contributed by atoms with Gasteiger partial charge in [0.2, 0.25) is 5.78 Å². The minimum Gasteiger partial charge on any atom is -0.311 e. The van der Waals surface area contributed by atoms with Crippen LogP contribution in [0.15, 0.2) is 60.0 Å². The molecular formula is C17H14N6S. The molecule has 24 heavy (non-hydrogen) atoms. The van der Waals surface area contributed by atoms with Gasteiger partial charge in [-0.2, -0.15) is 0 Å². The van der Waals surface area contributed by atoms with E-state index in [0.29, 0.717) is 0 Å². The molecule has 7 heteroatoms. The van der Waals surface area contributed by atoms with E-state index in [1.165, 1.54) is 0 Å². The van der Waals surface area contributed by atoms with E-state index < -0.39 is 0 Å². The first-order valence-corrected chi connectivity index (χ1v) is 8.64. The summed E-state index contributed by atoms with van der Waals surface area (Å²) in [5.41, 5.74) is 4.39. The van der Waals surface area contributed by atoms with Crippen LogP contribution in [-0.2, 0) is 12.8 Å². The first-order chi connectivity index (χ1) is 11.8. The average molecular weight is 334 g/mol. The molecule has 0 aliphatic heterocycles. The van der Waals surface area contributed by atoms with Gasteiger partial charge in [-0.05, 0) is 24.3 Å². The lowest BCUT2D eigenvalue weighted by Gasteiger charge is -2.00. The standard InChI is InChI=1S/C17H14N6S/c1-21-13-6-2-3-7-14(13)23-16(21)19-20-17(23)24-11-12-10-18-15-8-4-5-9-22(12)15/h2-10H,11H2,1H3. The van der Waals surface area contributed by atoms with E-state index >= 15 is 0 Å². The molecule has 0 bridgehead atoms. The minimum absolute atomic E-state index is 0.787. The Hall–Kier alpha value is -2.80. The van der Waals surface area contributed by atoms with E-state index in [0.717, 1.165) is 39.1 Å². The average Bonchev–Trinajstić information content (AvgIpc) is 3.29. The number of para-hydroxylation sites is 2.